The first-order valence-electron chi connectivity index (χ1n) is 6.00. The van der Waals surface area contributed by atoms with E-state index in [0.717, 1.165) is 12.1 Å². The lowest BCUT2D eigenvalue weighted by Gasteiger charge is -2.10. The largest absolute Gasteiger partial charge is 0.477 e. The molecule has 0 spiro atoms. The average molecular weight is 352 g/mol. The Morgan fingerprint density at radius 3 is 2.17 bits per heavy atom. The molecule has 23 heavy (non-hydrogen) atoms. The summed E-state index contributed by atoms with van der Waals surface area (Å²) < 4.78 is 70.0. The van der Waals surface area contributed by atoms with Gasteiger partial charge in [-0.1, -0.05) is 11.6 Å². The van der Waals surface area contributed by atoms with Crippen molar-refractivity contribution in [3.8, 4) is 5.75 Å². The fourth-order valence-electron chi connectivity index (χ4n) is 1.59. The first kappa shape index (κ1) is 17.0. The summed E-state index contributed by atoms with van der Waals surface area (Å²) in [5.41, 5.74) is 0.0939. The molecule has 0 fully saturated rings. The van der Waals surface area contributed by atoms with Crippen molar-refractivity contribution in [2.75, 3.05) is 11.9 Å². The molecule has 0 saturated carbocycles. The lowest BCUT2D eigenvalue weighted by molar-refractivity contribution is -0.118. The molecule has 0 saturated heterocycles. The van der Waals surface area contributed by atoms with Crippen molar-refractivity contribution in [3.63, 3.8) is 0 Å². The highest BCUT2D eigenvalue weighted by atomic mass is 35.5. The van der Waals surface area contributed by atoms with Crippen LogP contribution in [0.4, 0.5) is 27.6 Å². The van der Waals surface area contributed by atoms with Crippen LogP contribution in [0.5, 0.6) is 5.75 Å². The molecule has 0 aliphatic heterocycles. The Bertz CT molecular complexity index is 743. The maximum absolute atomic E-state index is 13.3. The number of nitrogens with one attached hydrogen (secondary N) is 1. The molecule has 2 aromatic rings. The van der Waals surface area contributed by atoms with E-state index in [-0.39, 0.29) is 16.8 Å². The minimum atomic E-state index is -1.76. The van der Waals surface area contributed by atoms with Crippen LogP contribution in [0.3, 0.4) is 0 Å². The predicted octanol–water partition coefficient (Wildman–Crippen LogP) is 4.05. The molecule has 122 valence electrons. The second kappa shape index (κ2) is 6.82. The van der Waals surface area contributed by atoms with Gasteiger partial charge < -0.3 is 10.1 Å². The van der Waals surface area contributed by atoms with Gasteiger partial charge in [0.2, 0.25) is 11.6 Å². The number of halogens is 6. The molecule has 0 aliphatic carbocycles. The van der Waals surface area contributed by atoms with Crippen LogP contribution in [0.2, 0.25) is 5.02 Å². The molecule has 9 heteroatoms. The fraction of sp³-hybridized carbons (Fsp3) is 0.0714. The van der Waals surface area contributed by atoms with Crippen LogP contribution in [0.1, 0.15) is 0 Å². The molecule has 3 nitrogen and oxygen atoms in total. The van der Waals surface area contributed by atoms with Crippen LogP contribution < -0.4 is 10.1 Å². The van der Waals surface area contributed by atoms with E-state index in [9.17, 15) is 26.7 Å². The molecule has 0 radical (unpaired) electrons. The minimum Gasteiger partial charge on any atom is -0.477 e. The summed E-state index contributed by atoms with van der Waals surface area (Å²) >= 11 is 5.51. The summed E-state index contributed by atoms with van der Waals surface area (Å²) in [6.45, 7) is -0.939. The monoisotopic (exact) mass is 351 g/mol. The SMILES string of the molecule is O=C(COc1c(F)c(F)cc(F)c1F)Nc1ccc(F)c(Cl)c1. The molecule has 0 bridgehead atoms. The van der Waals surface area contributed by atoms with Crippen molar-refractivity contribution in [2.24, 2.45) is 0 Å². The second-order valence-electron chi connectivity index (χ2n) is 4.26. The standard InChI is InChI=1S/C14H7ClF5NO2/c15-7-3-6(1-2-8(7)16)21-11(22)5-23-14-12(19)9(17)4-10(18)13(14)20/h1-4H,5H2,(H,21,22). The molecular weight excluding hydrogens is 345 g/mol. The zero-order valence-electron chi connectivity index (χ0n) is 11.1. The van der Waals surface area contributed by atoms with Crippen LogP contribution in [-0.2, 0) is 4.79 Å². The number of amides is 1. The van der Waals surface area contributed by atoms with E-state index in [1.807, 2.05) is 0 Å². The first-order chi connectivity index (χ1) is 10.8. The van der Waals surface area contributed by atoms with Gasteiger partial charge in [0.15, 0.2) is 24.0 Å². The van der Waals surface area contributed by atoms with Gasteiger partial charge >= 0.3 is 0 Å². The highest BCUT2D eigenvalue weighted by Crippen LogP contribution is 2.26. The van der Waals surface area contributed by atoms with Crippen LogP contribution >= 0.6 is 11.6 Å². The van der Waals surface area contributed by atoms with Gasteiger partial charge in [-0.2, -0.15) is 8.78 Å². The minimum absolute atomic E-state index is 0.0120. The number of hydrogen-bond acceptors (Lipinski definition) is 2. The van der Waals surface area contributed by atoms with E-state index < -0.39 is 47.3 Å². The van der Waals surface area contributed by atoms with Gasteiger partial charge in [0, 0.05) is 11.8 Å². The quantitative estimate of drug-likeness (QED) is 0.666. The summed E-state index contributed by atoms with van der Waals surface area (Å²) in [4.78, 5) is 11.6. The van der Waals surface area contributed by atoms with Crippen molar-refractivity contribution in [1.29, 1.82) is 0 Å². The highest BCUT2D eigenvalue weighted by molar-refractivity contribution is 6.31. The summed E-state index contributed by atoms with van der Waals surface area (Å²) in [5, 5.41) is 1.94. The Morgan fingerprint density at radius 2 is 1.61 bits per heavy atom. The Hall–Kier alpha value is -2.35. The third-order valence-electron chi connectivity index (χ3n) is 2.62. The molecule has 2 rings (SSSR count). The summed E-state index contributed by atoms with van der Waals surface area (Å²) in [5.74, 6) is -9.82. The van der Waals surface area contributed by atoms with E-state index in [1.54, 1.807) is 0 Å². The molecule has 2 aromatic carbocycles. The predicted molar refractivity (Wildman–Crippen MR) is 71.8 cm³/mol. The Labute approximate surface area is 131 Å². The highest BCUT2D eigenvalue weighted by Gasteiger charge is 2.21. The molecule has 1 N–H and O–H groups in total. The molecule has 0 aromatic heterocycles. The normalized spacial score (nSPS) is 10.5. The lowest BCUT2D eigenvalue weighted by atomic mass is 10.3. The molecule has 0 heterocycles. The van der Waals surface area contributed by atoms with E-state index in [0.29, 0.717) is 0 Å². The van der Waals surface area contributed by atoms with Gasteiger partial charge in [0.25, 0.3) is 5.91 Å². The van der Waals surface area contributed by atoms with Crippen LogP contribution in [0.15, 0.2) is 24.3 Å². The van der Waals surface area contributed by atoms with Gasteiger partial charge in [-0.3, -0.25) is 4.79 Å². The van der Waals surface area contributed by atoms with Gasteiger partial charge in [-0.15, -0.1) is 0 Å². The van der Waals surface area contributed by atoms with Crippen molar-refractivity contribution in [1.82, 2.24) is 0 Å². The Balaban J connectivity index is 2.06. The summed E-state index contributed by atoms with van der Waals surface area (Å²) in [6, 6.07) is 3.28. The second-order valence-corrected chi connectivity index (χ2v) is 4.67. The van der Waals surface area contributed by atoms with E-state index in [2.05, 4.69) is 10.1 Å². The van der Waals surface area contributed by atoms with Gasteiger partial charge in [0.05, 0.1) is 5.02 Å². The van der Waals surface area contributed by atoms with E-state index >= 15 is 0 Å². The van der Waals surface area contributed by atoms with Crippen LogP contribution in [0, 0.1) is 29.1 Å². The molecule has 0 aliphatic rings. The Morgan fingerprint density at radius 1 is 1.00 bits per heavy atom. The number of carbonyl (C=O) groups excluding carboxylic acids is 1. The zero-order chi connectivity index (χ0) is 17.1. The zero-order valence-corrected chi connectivity index (χ0v) is 11.9. The topological polar surface area (TPSA) is 38.3 Å². The number of rotatable bonds is 4. The van der Waals surface area contributed by atoms with Crippen molar-refractivity contribution in [2.45, 2.75) is 0 Å². The number of carbonyl (C=O) groups is 1. The van der Waals surface area contributed by atoms with E-state index in [1.165, 1.54) is 6.07 Å². The fourth-order valence-corrected chi connectivity index (χ4v) is 1.77. The average Bonchev–Trinajstić information content (AvgIpc) is 2.49. The third-order valence-corrected chi connectivity index (χ3v) is 2.91. The molecular formula is C14H7ClF5NO2. The van der Waals surface area contributed by atoms with Gasteiger partial charge in [0.1, 0.15) is 5.82 Å². The molecule has 0 unspecified atom stereocenters. The molecule has 1 amide bonds. The maximum atomic E-state index is 13.3. The first-order valence-corrected chi connectivity index (χ1v) is 6.38. The number of benzene rings is 2. The number of hydrogen-bond donors (Lipinski definition) is 1. The van der Waals surface area contributed by atoms with Crippen molar-refractivity contribution >= 4 is 23.2 Å². The van der Waals surface area contributed by atoms with Gasteiger partial charge in [-0.25, -0.2) is 13.2 Å². The number of anilines is 1. The smallest absolute Gasteiger partial charge is 0.262 e. The lowest BCUT2D eigenvalue weighted by Crippen LogP contribution is -2.21. The summed E-state index contributed by atoms with van der Waals surface area (Å²) in [6.07, 6.45) is 0. The Kier molecular flexibility index (Phi) is 5.05. The summed E-state index contributed by atoms with van der Waals surface area (Å²) in [7, 11) is 0. The van der Waals surface area contributed by atoms with Crippen LogP contribution in [-0.4, -0.2) is 12.5 Å². The van der Waals surface area contributed by atoms with E-state index in [4.69, 9.17) is 11.6 Å². The maximum Gasteiger partial charge on any atom is 0.262 e. The van der Waals surface area contributed by atoms with Crippen molar-refractivity contribution < 1.29 is 31.5 Å². The van der Waals surface area contributed by atoms with Crippen LogP contribution in [0.25, 0.3) is 0 Å². The number of ether oxygens (including phenoxy) is 1. The van der Waals surface area contributed by atoms with Crippen molar-refractivity contribution in [3.05, 3.63) is 58.4 Å². The molecule has 0 atom stereocenters. The third kappa shape index (κ3) is 3.89. The van der Waals surface area contributed by atoms with Gasteiger partial charge in [-0.05, 0) is 18.2 Å².